The van der Waals surface area contributed by atoms with Crippen molar-refractivity contribution in [2.24, 2.45) is 0 Å². The van der Waals surface area contributed by atoms with Gasteiger partial charge in [0, 0.05) is 15.6 Å². The van der Waals surface area contributed by atoms with Gasteiger partial charge in [-0.15, -0.1) is 10.4 Å². The molecule has 3 heterocycles. The smallest absolute Gasteiger partial charge is 0.814 e. The van der Waals surface area contributed by atoms with Crippen LogP contribution in [0.3, 0.4) is 0 Å². The maximum Gasteiger partial charge on any atom is 1.00 e. The third-order valence-electron chi connectivity index (χ3n) is 11.1. The molecule has 3 aliphatic heterocycles. The Morgan fingerprint density at radius 3 is 1.33 bits per heavy atom. The van der Waals surface area contributed by atoms with Crippen molar-refractivity contribution in [1.82, 2.24) is 0 Å². The van der Waals surface area contributed by atoms with Gasteiger partial charge in [0.25, 0.3) is 27.6 Å². The molecule has 3 aliphatic rings. The van der Waals surface area contributed by atoms with Crippen molar-refractivity contribution < 1.29 is 180 Å². The van der Waals surface area contributed by atoms with Crippen LogP contribution >= 0.6 is 0 Å². The Morgan fingerprint density at radius 2 is 0.827 bits per heavy atom. The first-order chi connectivity index (χ1) is 33.8. The summed E-state index contributed by atoms with van der Waals surface area (Å²) in [4.78, 5) is 33.1. The van der Waals surface area contributed by atoms with E-state index in [1.807, 2.05) is 170 Å². The van der Waals surface area contributed by atoms with Gasteiger partial charge in [-0.2, -0.15) is 0 Å². The second kappa shape index (κ2) is 30.8. The number of hydrogen-bond acceptors (Lipinski definition) is 12. The molecule has 3 saturated heterocycles. The molecule has 0 spiro atoms. The van der Waals surface area contributed by atoms with Gasteiger partial charge in [-0.1, -0.05) is 243 Å². The molecule has 364 valence electrons. The molecular weight excluding hydrogens is 1150 g/mol. The van der Waals surface area contributed by atoms with Crippen LogP contribution in [0.5, 0.6) is 0 Å². The summed E-state index contributed by atoms with van der Waals surface area (Å²) in [6.07, 6.45) is 0. The van der Waals surface area contributed by atoms with Crippen LogP contribution in [-0.2, 0) is 52.1 Å². The molecule has 0 amide bonds. The summed E-state index contributed by atoms with van der Waals surface area (Å²) in [5.74, 6) is 0. The van der Waals surface area contributed by atoms with Crippen LogP contribution in [-0.4, -0.2) is 82.4 Å². The van der Waals surface area contributed by atoms with E-state index in [1.165, 1.54) is 0 Å². The van der Waals surface area contributed by atoms with E-state index < -0.39 is 82.4 Å². The quantitative estimate of drug-likeness (QED) is 0.0828. The van der Waals surface area contributed by atoms with Crippen LogP contribution < -0.4 is 169 Å². The molecule has 6 N–H and O–H groups in total. The minimum Gasteiger partial charge on any atom is -0.814 e. The first kappa shape index (κ1) is 66.7. The van der Waals surface area contributed by atoms with Gasteiger partial charge >= 0.3 is 145 Å². The third-order valence-corrected chi connectivity index (χ3v) is 38.4. The van der Waals surface area contributed by atoms with E-state index >= 15 is 9.59 Å². The topological polar surface area (TPSA) is 204 Å². The van der Waals surface area contributed by atoms with E-state index in [0.29, 0.717) is 31.1 Å². The zero-order valence-electron chi connectivity index (χ0n) is 42.1. The predicted octanol–water partition coefficient (Wildman–Crippen LogP) is -14.5. The van der Waals surface area contributed by atoms with Crippen LogP contribution in [0.4, 0.5) is 0 Å². The van der Waals surface area contributed by atoms with Crippen molar-refractivity contribution in [3.63, 3.8) is 0 Å². The van der Waals surface area contributed by atoms with E-state index in [-0.39, 0.29) is 134 Å². The third kappa shape index (κ3) is 15.8. The van der Waals surface area contributed by atoms with Gasteiger partial charge in [-0.25, -0.2) is 0 Å². The first-order valence-corrected chi connectivity index (χ1v) is 35.8. The van der Waals surface area contributed by atoms with Crippen LogP contribution in [0, 0.1) is 0 Å². The van der Waals surface area contributed by atoms with E-state index in [9.17, 15) is 0 Å². The van der Waals surface area contributed by atoms with E-state index in [2.05, 4.69) is 0 Å². The van der Waals surface area contributed by atoms with Gasteiger partial charge in [0.05, 0.1) is 0 Å². The minimum absolute atomic E-state index is 0. The Bertz CT molecular complexity index is 2900. The number of rotatable bonds is 12. The van der Waals surface area contributed by atoms with Gasteiger partial charge < -0.3 is 61.7 Å². The Labute approximate surface area is 539 Å². The number of hydrogen-bond donors (Lipinski definition) is 0. The molecule has 0 radical (unpaired) electrons. The summed E-state index contributed by atoms with van der Waals surface area (Å²) in [5, 5.41) is 4.04. The summed E-state index contributed by atoms with van der Waals surface area (Å²) in [7, 11) is -34.2. The van der Waals surface area contributed by atoms with Gasteiger partial charge in [0.15, 0.2) is 9.76 Å². The number of benzene rings is 8. The van der Waals surface area contributed by atoms with Gasteiger partial charge in [0.1, 0.15) is 0 Å². The van der Waals surface area contributed by atoms with Crippen LogP contribution in [0.1, 0.15) is 0 Å². The first-order valence-electron chi connectivity index (χ1n) is 22.1. The van der Waals surface area contributed by atoms with Crippen molar-refractivity contribution in [3.05, 3.63) is 243 Å². The second-order valence-corrected chi connectivity index (χ2v) is 37.1. The van der Waals surface area contributed by atoms with Crippen molar-refractivity contribution in [2.75, 3.05) is 0 Å². The van der Waals surface area contributed by atoms with Gasteiger partial charge in [-0.3, -0.25) is 0 Å². The summed E-state index contributed by atoms with van der Waals surface area (Å²) >= 11 is 0. The molecule has 0 aromatic heterocycles. The Balaban J connectivity index is 0.00000203. The molecule has 14 nitrogen and oxygen atoms in total. The molecule has 5 atom stereocenters. The van der Waals surface area contributed by atoms with Crippen molar-refractivity contribution >= 4 is 124 Å². The van der Waals surface area contributed by atoms with E-state index in [4.69, 9.17) is 41.2 Å². The van der Waals surface area contributed by atoms with Gasteiger partial charge in [0.2, 0.25) is 0 Å². The Hall–Kier alpha value is -0.848. The molecule has 8 aromatic carbocycles. The summed E-state index contributed by atoms with van der Waals surface area (Å²) in [6, 6.07) is 73.4. The largest absolute Gasteiger partial charge is 1.00 e. The minimum atomic E-state index is -5.17. The summed E-state index contributed by atoms with van der Waals surface area (Å²) in [6.45, 7) is 0. The molecule has 8 aromatic rings. The Kier molecular flexibility index (Phi) is 27.4. The van der Waals surface area contributed by atoms with Crippen LogP contribution in [0.2, 0.25) is 0 Å². The van der Waals surface area contributed by atoms with Crippen molar-refractivity contribution in [3.8, 4) is 0 Å². The normalized spacial score (nSPS) is 22.6. The number of fused-ring (bicyclic) bond motifs is 10. The molecule has 0 saturated carbocycles. The van der Waals surface area contributed by atoms with Crippen molar-refractivity contribution in [2.45, 2.75) is 0 Å². The van der Waals surface area contributed by atoms with Gasteiger partial charge in [-0.05, 0) is 34.1 Å². The molecule has 2 bridgehead atoms. The summed E-state index contributed by atoms with van der Waals surface area (Å²) < 4.78 is 73.3. The fraction of sp³-hybridized carbons (Fsp3) is 0. The zero-order valence-corrected chi connectivity index (χ0v) is 59.9. The average molecular weight is 1200 g/mol. The molecule has 75 heavy (non-hydrogen) atoms. The zero-order chi connectivity index (χ0) is 47.0. The van der Waals surface area contributed by atoms with E-state index in [1.54, 1.807) is 72.8 Å². The predicted molar refractivity (Wildman–Crippen MR) is 287 cm³/mol. The SMILES string of the molecule is [Na+].[Na+].[Na+].[Na+].[O-][Si](O[SiH2]c1ccccc1)(O[Si]1(c2ccccc2)O[Si-](c2ccccc2)O[SiH2]O[Si]2(c3ccccc3)O[Si-](c3ccccc3)O[Si](c3ccccc3)(O[Si]([O-])(c3ccccc3)O2)O1)c1ccccc1.[OH3+].[OH3+]. The summed E-state index contributed by atoms with van der Waals surface area (Å²) in [5.41, 5.74) is 0. The van der Waals surface area contributed by atoms with Crippen LogP contribution in [0.25, 0.3) is 0 Å². The molecule has 27 heteroatoms. The van der Waals surface area contributed by atoms with E-state index in [0.717, 1.165) is 5.19 Å². The van der Waals surface area contributed by atoms with Crippen LogP contribution in [0.15, 0.2) is 243 Å². The Morgan fingerprint density at radius 1 is 0.440 bits per heavy atom. The molecule has 5 unspecified atom stereocenters. The fourth-order valence-corrected chi connectivity index (χ4v) is 40.5. The fourth-order valence-electron chi connectivity index (χ4n) is 7.73. The maximum atomic E-state index is 16.7. The second-order valence-electron chi connectivity index (χ2n) is 15.8. The monoisotopic (exact) mass is 1190 g/mol. The maximum absolute atomic E-state index is 16.7. The average Bonchev–Trinajstić information content (AvgIpc) is 3.41. The molecule has 3 fully saturated rings. The molecular formula is C48H50Na4O14Si9+2. The molecule has 0 aliphatic carbocycles. The van der Waals surface area contributed by atoms with Crippen molar-refractivity contribution in [1.29, 1.82) is 0 Å². The molecule has 11 rings (SSSR count). The standard InChI is InChI=1S/C48H44O12Si9.4Na.2H2O/c49-65(44-31-15-4-16-32-44,52-61-41-25-9-1-10-26-41)57-68(47-37-21-7-22-38-47)54-63(42-27-11-2-12-28-42)51-62-53-67(46-35-19-6-20-36-46)55-64(43-29-13-3-14-30-43)56-69(60-68,48-39-23-8-24-40-48)59-66(50,58-67)45-33-17-5-18-34-45;;;;;;/h1-40H,61-62H2;;;;;2*1H2/q-4;4*+1;;/p+2.